The number of hydrogen-bond acceptors (Lipinski definition) is 7. The Kier molecular flexibility index (Phi) is 18.8. The highest BCUT2D eigenvalue weighted by atomic mass is 19.1. The fourth-order valence-corrected chi connectivity index (χ4v) is 7.65. The van der Waals surface area contributed by atoms with E-state index in [9.17, 15) is 33.1 Å². The fourth-order valence-electron chi connectivity index (χ4n) is 7.65. The lowest BCUT2D eigenvalue weighted by Gasteiger charge is -2.09. The first-order valence-electron chi connectivity index (χ1n) is 23.6. The Balaban J connectivity index is 0.000000191. The van der Waals surface area contributed by atoms with Gasteiger partial charge in [0.05, 0.1) is 41.2 Å². The van der Waals surface area contributed by atoms with Crippen LogP contribution in [-0.2, 0) is 4.79 Å². The van der Waals surface area contributed by atoms with Crippen molar-refractivity contribution in [2.75, 3.05) is 18.5 Å². The highest BCUT2D eigenvalue weighted by molar-refractivity contribution is 6.51. The number of ketones is 2. The number of rotatable bonds is 19. The molecule has 2 heterocycles. The molecule has 0 saturated carbocycles. The molecule has 2 N–H and O–H groups in total. The molecule has 1 aromatic heterocycles. The quantitative estimate of drug-likeness (QED) is 0.0465. The SMILES string of the molecule is CCCCCCCOc1ccc(-c2ccc(-c3cc(C(=O)O)c4cc(F)ccc4n3)cc2)cc1.CCCCCCCOc1ccc(-c2ccc(C(C)=O)cc2)cc1.O=C1Nc2ccc(F)cc2C1=O. The highest BCUT2D eigenvalue weighted by Crippen LogP contribution is 2.30. The van der Waals surface area contributed by atoms with Gasteiger partial charge in [-0.3, -0.25) is 14.4 Å². The van der Waals surface area contributed by atoms with Crippen LogP contribution in [0, 0.1) is 11.6 Å². The number of nitrogens with zero attached hydrogens (tertiary/aromatic N) is 1. The molecule has 9 nitrogen and oxygen atoms in total. The number of carboxylic acid groups (broad SMARTS) is 1. The first-order chi connectivity index (χ1) is 33.4. The summed E-state index contributed by atoms with van der Waals surface area (Å²) in [4.78, 5) is 49.3. The number of hydrogen-bond donors (Lipinski definition) is 2. The van der Waals surface area contributed by atoms with E-state index in [1.165, 1.54) is 87.8 Å². The molecule has 6 aromatic carbocycles. The summed E-state index contributed by atoms with van der Waals surface area (Å²) in [6.45, 7) is 7.55. The lowest BCUT2D eigenvalue weighted by atomic mass is 10.0. The van der Waals surface area contributed by atoms with Crippen molar-refractivity contribution in [1.82, 2.24) is 4.98 Å². The van der Waals surface area contributed by atoms with Crippen LogP contribution in [0.3, 0.4) is 0 Å². The average molecular weight is 933 g/mol. The van der Waals surface area contributed by atoms with Gasteiger partial charge in [0.2, 0.25) is 0 Å². The zero-order valence-corrected chi connectivity index (χ0v) is 39.4. The van der Waals surface area contributed by atoms with Gasteiger partial charge in [0.25, 0.3) is 11.7 Å². The predicted octanol–water partition coefficient (Wildman–Crippen LogP) is 14.6. The van der Waals surface area contributed by atoms with Gasteiger partial charge in [-0.05, 0) is 109 Å². The third-order valence-electron chi connectivity index (χ3n) is 11.6. The molecule has 8 rings (SSSR count). The number of ether oxygens (including phenoxy) is 2. The Morgan fingerprint density at radius 3 is 1.54 bits per heavy atom. The molecule has 0 unspecified atom stereocenters. The molecular weight excluding hydrogens is 875 g/mol. The molecule has 11 heteroatoms. The van der Waals surface area contributed by atoms with Gasteiger partial charge in [0.15, 0.2) is 5.78 Å². The van der Waals surface area contributed by atoms with E-state index in [2.05, 4.69) is 36.3 Å². The van der Waals surface area contributed by atoms with Crippen LogP contribution in [0.5, 0.6) is 11.5 Å². The zero-order chi connectivity index (χ0) is 49.1. The van der Waals surface area contributed by atoms with Crippen molar-refractivity contribution < 1.29 is 42.5 Å². The molecule has 356 valence electrons. The van der Waals surface area contributed by atoms with Crippen molar-refractivity contribution in [2.24, 2.45) is 0 Å². The van der Waals surface area contributed by atoms with Crippen LogP contribution in [0.1, 0.15) is 116 Å². The molecule has 0 fully saturated rings. The second-order valence-corrected chi connectivity index (χ2v) is 16.8. The molecule has 1 aliphatic heterocycles. The van der Waals surface area contributed by atoms with Crippen molar-refractivity contribution in [3.05, 3.63) is 168 Å². The largest absolute Gasteiger partial charge is 0.494 e. The highest BCUT2D eigenvalue weighted by Gasteiger charge is 2.28. The van der Waals surface area contributed by atoms with Crippen LogP contribution in [-0.4, -0.2) is 46.7 Å². The summed E-state index contributed by atoms with van der Waals surface area (Å²) in [5.74, 6) is -1.60. The minimum Gasteiger partial charge on any atom is -0.494 e. The Morgan fingerprint density at radius 2 is 1.03 bits per heavy atom. The van der Waals surface area contributed by atoms with Crippen molar-refractivity contribution in [3.8, 4) is 45.0 Å². The van der Waals surface area contributed by atoms with Crippen LogP contribution in [0.4, 0.5) is 14.5 Å². The number of carbonyl (C=O) groups is 4. The summed E-state index contributed by atoms with van der Waals surface area (Å²) < 4.78 is 37.8. The van der Waals surface area contributed by atoms with Crippen molar-refractivity contribution >= 4 is 40.0 Å². The first kappa shape index (κ1) is 50.9. The third kappa shape index (κ3) is 14.7. The maximum Gasteiger partial charge on any atom is 0.336 e. The monoisotopic (exact) mass is 932 g/mol. The van der Waals surface area contributed by atoms with Gasteiger partial charge in [-0.25, -0.2) is 18.6 Å². The molecule has 1 aliphatic rings. The third-order valence-corrected chi connectivity index (χ3v) is 11.6. The Bertz CT molecular complexity index is 2830. The van der Waals surface area contributed by atoms with Gasteiger partial charge < -0.3 is 19.9 Å². The minimum absolute atomic E-state index is 0.0320. The van der Waals surface area contributed by atoms with Gasteiger partial charge in [-0.15, -0.1) is 0 Å². The Morgan fingerprint density at radius 1 is 0.565 bits per heavy atom. The number of unbranched alkanes of at least 4 members (excludes halogenated alkanes) is 8. The Hall–Kier alpha value is -7.53. The van der Waals surface area contributed by atoms with E-state index in [1.54, 1.807) is 6.92 Å². The zero-order valence-electron chi connectivity index (χ0n) is 39.4. The van der Waals surface area contributed by atoms with Crippen molar-refractivity contribution in [1.29, 1.82) is 0 Å². The molecule has 0 saturated heterocycles. The van der Waals surface area contributed by atoms with Crippen molar-refractivity contribution in [3.63, 3.8) is 0 Å². The second-order valence-electron chi connectivity index (χ2n) is 16.8. The molecule has 0 atom stereocenters. The number of amides is 1. The molecule has 0 spiro atoms. The summed E-state index contributed by atoms with van der Waals surface area (Å²) in [7, 11) is 0. The predicted molar refractivity (Wildman–Crippen MR) is 269 cm³/mol. The molecule has 0 aliphatic carbocycles. The summed E-state index contributed by atoms with van der Waals surface area (Å²) >= 11 is 0. The summed E-state index contributed by atoms with van der Waals surface area (Å²) in [6, 6.07) is 40.8. The number of carbonyl (C=O) groups excluding carboxylic acids is 3. The maximum absolute atomic E-state index is 13.6. The maximum atomic E-state index is 13.6. The van der Waals surface area contributed by atoms with E-state index in [0.717, 1.165) is 77.0 Å². The number of aromatic carboxylic acids is 1. The van der Waals surface area contributed by atoms with Gasteiger partial charge in [0.1, 0.15) is 23.1 Å². The topological polar surface area (TPSA) is 132 Å². The fraction of sp³-hybridized carbons (Fsp3) is 0.259. The molecule has 0 bridgehead atoms. The van der Waals surface area contributed by atoms with Crippen LogP contribution in [0.25, 0.3) is 44.4 Å². The molecule has 7 aromatic rings. The Labute approximate surface area is 402 Å². The number of fused-ring (bicyclic) bond motifs is 2. The van der Waals surface area contributed by atoms with Gasteiger partial charge in [0, 0.05) is 16.5 Å². The van der Waals surface area contributed by atoms with E-state index in [4.69, 9.17) is 9.47 Å². The number of halogens is 2. The number of Topliss-reactive ketones (excluding diaryl/α,β-unsaturated/α-hetero) is 2. The summed E-state index contributed by atoms with van der Waals surface area (Å²) in [5, 5.41) is 12.2. The molecule has 0 radical (unpaired) electrons. The number of benzene rings is 6. The molecular formula is C58H58F2N2O7. The van der Waals surface area contributed by atoms with Gasteiger partial charge in [-0.1, -0.05) is 138 Å². The first-order valence-corrected chi connectivity index (χ1v) is 23.6. The van der Waals surface area contributed by atoms with E-state index in [-0.39, 0.29) is 22.3 Å². The minimum atomic E-state index is -1.11. The van der Waals surface area contributed by atoms with E-state index >= 15 is 0 Å². The lowest BCUT2D eigenvalue weighted by Crippen LogP contribution is -2.12. The number of anilines is 1. The molecule has 69 heavy (non-hydrogen) atoms. The van der Waals surface area contributed by atoms with Gasteiger partial charge >= 0.3 is 5.97 Å². The van der Waals surface area contributed by atoms with E-state index < -0.39 is 29.3 Å². The van der Waals surface area contributed by atoms with E-state index in [1.807, 2.05) is 84.9 Å². The van der Waals surface area contributed by atoms with Crippen LogP contribution in [0.2, 0.25) is 0 Å². The van der Waals surface area contributed by atoms with E-state index in [0.29, 0.717) is 16.9 Å². The summed E-state index contributed by atoms with van der Waals surface area (Å²) in [6.07, 6.45) is 12.3. The second kappa shape index (κ2) is 25.6. The average Bonchev–Trinajstić information content (AvgIpc) is 3.65. The number of nitrogens with one attached hydrogen (secondary N) is 1. The molecule has 1 amide bonds. The number of aromatic nitrogens is 1. The van der Waals surface area contributed by atoms with Crippen LogP contribution in [0.15, 0.2) is 140 Å². The van der Waals surface area contributed by atoms with Crippen LogP contribution < -0.4 is 14.8 Å². The number of pyridine rings is 1. The van der Waals surface area contributed by atoms with Gasteiger partial charge in [-0.2, -0.15) is 0 Å². The van der Waals surface area contributed by atoms with Crippen molar-refractivity contribution in [2.45, 2.75) is 85.0 Å². The lowest BCUT2D eigenvalue weighted by molar-refractivity contribution is -0.112. The number of carboxylic acids is 1. The summed E-state index contributed by atoms with van der Waals surface area (Å²) in [5.41, 5.74) is 7.39. The van der Waals surface area contributed by atoms with Crippen LogP contribution >= 0.6 is 0 Å². The smallest absolute Gasteiger partial charge is 0.336 e. The standard InChI is InChI=1S/C29H28FNO3.C21H26O2.C8H4FNO2/c1-2-3-4-5-6-17-34-24-14-11-21(12-15-24)20-7-9-22(10-8-20)28-19-26(29(32)33)25-18-23(30)13-16-27(25)31-28;1-3-4-5-6-7-16-23-21-14-12-20(13-15-21)19-10-8-18(9-11-19)17(2)22;9-4-1-2-6-5(3-4)7(11)8(12)10-6/h7-16,18-19H,2-6,17H2,1H3,(H,32,33);8-15H,3-7,16H2,1-2H3;1-3H,(H,10,11,12). The normalized spacial score (nSPS) is 11.4.